The minimum atomic E-state index is -0.542. The van der Waals surface area contributed by atoms with Crippen LogP contribution in [-0.4, -0.2) is 23.8 Å². The Morgan fingerprint density at radius 3 is 2.54 bits per heavy atom. The number of nitrogens with one attached hydrogen (secondary N) is 1. The summed E-state index contributed by atoms with van der Waals surface area (Å²) in [6.07, 6.45) is 0. The molecular weight excluding hydrogens is 172 g/mol. The Morgan fingerprint density at radius 1 is 1.54 bits per heavy atom. The zero-order valence-electron chi connectivity index (χ0n) is 7.38. The molecule has 0 aliphatic carbocycles. The van der Waals surface area contributed by atoms with Gasteiger partial charge in [0.2, 0.25) is 0 Å². The van der Waals surface area contributed by atoms with Crippen LogP contribution in [-0.2, 0) is 4.74 Å². The Kier molecular flexibility index (Phi) is 2.36. The number of Topliss-reactive ketones (excluding diaryl/α,β-unsaturated/α-hetero) is 1. The van der Waals surface area contributed by atoms with Crippen molar-refractivity contribution in [2.75, 3.05) is 12.8 Å². The lowest BCUT2D eigenvalue weighted by Gasteiger charge is -1.92. The van der Waals surface area contributed by atoms with Crippen molar-refractivity contribution in [3.8, 4) is 0 Å². The number of anilines is 1. The van der Waals surface area contributed by atoms with E-state index in [4.69, 9.17) is 5.73 Å². The minimum Gasteiger partial charge on any atom is -0.464 e. The minimum absolute atomic E-state index is 0.185. The van der Waals surface area contributed by atoms with Gasteiger partial charge in [-0.3, -0.25) is 4.79 Å². The van der Waals surface area contributed by atoms with Gasteiger partial charge in [-0.25, -0.2) is 4.79 Å². The number of carbonyl (C=O) groups is 2. The number of H-pyrrole nitrogens is 1. The zero-order valence-corrected chi connectivity index (χ0v) is 7.38. The van der Waals surface area contributed by atoms with Crippen molar-refractivity contribution in [2.45, 2.75) is 6.92 Å². The first-order valence-electron chi connectivity index (χ1n) is 3.64. The third-order valence-electron chi connectivity index (χ3n) is 1.63. The van der Waals surface area contributed by atoms with Gasteiger partial charge in [0.15, 0.2) is 5.78 Å². The Morgan fingerprint density at radius 2 is 2.15 bits per heavy atom. The SMILES string of the molecule is COC(=O)c1cc(C(C)=O)c(N)[nH]1. The normalized spacial score (nSPS) is 9.69. The van der Waals surface area contributed by atoms with Gasteiger partial charge in [0.05, 0.1) is 12.7 Å². The number of hydrogen-bond acceptors (Lipinski definition) is 4. The van der Waals surface area contributed by atoms with Gasteiger partial charge in [-0.05, 0) is 13.0 Å². The fourth-order valence-electron chi connectivity index (χ4n) is 0.982. The van der Waals surface area contributed by atoms with Gasteiger partial charge in [0.25, 0.3) is 0 Å². The first-order chi connectivity index (χ1) is 6.06. The standard InChI is InChI=1S/C8H10N2O3/c1-4(11)5-3-6(8(12)13-2)10-7(5)9/h3,10H,9H2,1-2H3. The molecule has 0 radical (unpaired) electrons. The lowest BCUT2D eigenvalue weighted by molar-refractivity contribution is 0.0595. The van der Waals surface area contributed by atoms with Crippen LogP contribution in [0.15, 0.2) is 6.07 Å². The summed E-state index contributed by atoms with van der Waals surface area (Å²) in [5.74, 6) is -0.545. The molecule has 0 atom stereocenters. The lowest BCUT2D eigenvalue weighted by atomic mass is 10.2. The number of methoxy groups -OCH3 is 1. The number of ether oxygens (including phenoxy) is 1. The average molecular weight is 182 g/mol. The average Bonchev–Trinajstić information content (AvgIpc) is 2.46. The quantitative estimate of drug-likeness (QED) is 0.517. The summed E-state index contributed by atoms with van der Waals surface area (Å²) >= 11 is 0. The summed E-state index contributed by atoms with van der Waals surface area (Å²) < 4.78 is 4.45. The van der Waals surface area contributed by atoms with Gasteiger partial charge in [0, 0.05) is 0 Å². The number of hydrogen-bond donors (Lipinski definition) is 2. The second kappa shape index (κ2) is 3.30. The van der Waals surface area contributed by atoms with Gasteiger partial charge >= 0.3 is 5.97 Å². The van der Waals surface area contributed by atoms with Crippen molar-refractivity contribution in [2.24, 2.45) is 0 Å². The molecule has 0 aliphatic rings. The summed E-state index contributed by atoms with van der Waals surface area (Å²) in [6, 6.07) is 1.38. The first kappa shape index (κ1) is 9.31. The van der Waals surface area contributed by atoms with Gasteiger partial charge in [-0.2, -0.15) is 0 Å². The van der Waals surface area contributed by atoms with Crippen LogP contribution < -0.4 is 5.73 Å². The van der Waals surface area contributed by atoms with Crippen LogP contribution in [0.3, 0.4) is 0 Å². The number of nitrogen functional groups attached to an aromatic ring is 1. The molecule has 13 heavy (non-hydrogen) atoms. The molecule has 0 fully saturated rings. The number of aromatic amines is 1. The molecule has 0 aromatic carbocycles. The maximum absolute atomic E-state index is 11.0. The van der Waals surface area contributed by atoms with Crippen molar-refractivity contribution in [3.05, 3.63) is 17.3 Å². The van der Waals surface area contributed by atoms with Crippen LogP contribution in [0.4, 0.5) is 5.82 Å². The highest BCUT2D eigenvalue weighted by atomic mass is 16.5. The van der Waals surface area contributed by atoms with Crippen LogP contribution in [0.1, 0.15) is 27.8 Å². The summed E-state index contributed by atoms with van der Waals surface area (Å²) in [4.78, 5) is 24.5. The Balaban J connectivity index is 3.09. The summed E-state index contributed by atoms with van der Waals surface area (Å²) in [5.41, 5.74) is 5.94. The topological polar surface area (TPSA) is 85.2 Å². The highest BCUT2D eigenvalue weighted by Gasteiger charge is 2.14. The predicted octanol–water partition coefficient (Wildman–Crippen LogP) is 0.586. The van der Waals surface area contributed by atoms with Gasteiger partial charge in [0.1, 0.15) is 11.5 Å². The van der Waals surface area contributed by atoms with E-state index in [0.717, 1.165) is 0 Å². The zero-order chi connectivity index (χ0) is 10.0. The maximum atomic E-state index is 11.0. The number of carbonyl (C=O) groups excluding carboxylic acids is 2. The van der Waals surface area contributed by atoms with E-state index in [1.165, 1.54) is 20.1 Å². The van der Waals surface area contributed by atoms with Gasteiger partial charge in [-0.1, -0.05) is 0 Å². The molecule has 1 aromatic heterocycles. The molecule has 0 bridgehead atoms. The largest absolute Gasteiger partial charge is 0.464 e. The van der Waals surface area contributed by atoms with Gasteiger partial charge < -0.3 is 15.5 Å². The van der Waals surface area contributed by atoms with Crippen molar-refractivity contribution in [3.63, 3.8) is 0 Å². The Hall–Kier alpha value is -1.78. The van der Waals surface area contributed by atoms with Crippen LogP contribution in [0.5, 0.6) is 0 Å². The molecule has 1 aromatic rings. The molecule has 1 heterocycles. The second-order valence-corrected chi connectivity index (χ2v) is 2.56. The number of ketones is 1. The van der Waals surface area contributed by atoms with Crippen molar-refractivity contribution in [1.82, 2.24) is 4.98 Å². The van der Waals surface area contributed by atoms with Crippen LogP contribution in [0, 0.1) is 0 Å². The van der Waals surface area contributed by atoms with E-state index < -0.39 is 5.97 Å². The molecule has 5 heteroatoms. The molecule has 0 aliphatic heterocycles. The third-order valence-corrected chi connectivity index (χ3v) is 1.63. The van der Waals surface area contributed by atoms with E-state index in [0.29, 0.717) is 5.56 Å². The van der Waals surface area contributed by atoms with Crippen molar-refractivity contribution < 1.29 is 14.3 Å². The van der Waals surface area contributed by atoms with Crippen LogP contribution >= 0.6 is 0 Å². The van der Waals surface area contributed by atoms with Crippen molar-refractivity contribution in [1.29, 1.82) is 0 Å². The molecule has 0 amide bonds. The smallest absolute Gasteiger partial charge is 0.354 e. The highest BCUT2D eigenvalue weighted by molar-refractivity contribution is 6.01. The Labute approximate surface area is 74.9 Å². The number of rotatable bonds is 2. The fraction of sp³-hybridized carbons (Fsp3) is 0.250. The number of aromatic nitrogens is 1. The van der Waals surface area contributed by atoms with E-state index in [9.17, 15) is 9.59 Å². The molecule has 5 nitrogen and oxygen atoms in total. The summed E-state index contributed by atoms with van der Waals surface area (Å²) in [5, 5.41) is 0. The molecule has 0 saturated heterocycles. The van der Waals surface area contributed by atoms with E-state index in [-0.39, 0.29) is 17.3 Å². The maximum Gasteiger partial charge on any atom is 0.354 e. The fourth-order valence-corrected chi connectivity index (χ4v) is 0.982. The summed E-state index contributed by atoms with van der Waals surface area (Å²) in [7, 11) is 1.26. The van der Waals surface area contributed by atoms with Crippen LogP contribution in [0.25, 0.3) is 0 Å². The second-order valence-electron chi connectivity index (χ2n) is 2.56. The predicted molar refractivity (Wildman–Crippen MR) is 46.5 cm³/mol. The van der Waals surface area contributed by atoms with Crippen LogP contribution in [0.2, 0.25) is 0 Å². The third kappa shape index (κ3) is 1.69. The molecule has 1 rings (SSSR count). The molecule has 0 unspecified atom stereocenters. The molecule has 70 valence electrons. The molecular formula is C8H10N2O3. The van der Waals surface area contributed by atoms with E-state index >= 15 is 0 Å². The number of nitrogens with two attached hydrogens (primary N) is 1. The van der Waals surface area contributed by atoms with E-state index in [1.54, 1.807) is 0 Å². The van der Waals surface area contributed by atoms with Crippen molar-refractivity contribution >= 4 is 17.6 Å². The highest BCUT2D eigenvalue weighted by Crippen LogP contribution is 2.14. The first-order valence-corrected chi connectivity index (χ1v) is 3.64. The summed E-state index contributed by atoms with van der Waals surface area (Å²) in [6.45, 7) is 1.38. The Bertz CT molecular complexity index is 354. The molecule has 0 saturated carbocycles. The van der Waals surface area contributed by atoms with Gasteiger partial charge in [-0.15, -0.1) is 0 Å². The number of esters is 1. The lowest BCUT2D eigenvalue weighted by Crippen LogP contribution is -2.01. The monoisotopic (exact) mass is 182 g/mol. The van der Waals surface area contributed by atoms with E-state index in [1.807, 2.05) is 0 Å². The molecule has 3 N–H and O–H groups in total. The molecule has 0 spiro atoms. The van der Waals surface area contributed by atoms with E-state index in [2.05, 4.69) is 9.72 Å².